The van der Waals surface area contributed by atoms with Crippen LogP contribution >= 0.6 is 0 Å². The van der Waals surface area contributed by atoms with E-state index in [1.54, 1.807) is 11.1 Å². The van der Waals surface area contributed by atoms with Gasteiger partial charge in [-0.05, 0) is 109 Å². The van der Waals surface area contributed by atoms with Crippen molar-refractivity contribution in [1.29, 1.82) is 0 Å². The first kappa shape index (κ1) is 33.2. The molecule has 238 valence electrons. The number of fused-ring (bicyclic) bond motifs is 3. The molecule has 1 aliphatic carbocycles. The summed E-state index contributed by atoms with van der Waals surface area (Å²) in [6.45, 7) is 18.5. The summed E-state index contributed by atoms with van der Waals surface area (Å²) >= 11 is 0. The van der Waals surface area contributed by atoms with Gasteiger partial charge in [0.15, 0.2) is 0 Å². The zero-order valence-corrected chi connectivity index (χ0v) is 29.7. The van der Waals surface area contributed by atoms with Gasteiger partial charge in [0.2, 0.25) is 0 Å². The van der Waals surface area contributed by atoms with Crippen molar-refractivity contribution in [3.8, 4) is 33.4 Å². The van der Waals surface area contributed by atoms with Crippen LogP contribution in [0.25, 0.3) is 33.4 Å². The van der Waals surface area contributed by atoms with Crippen LogP contribution in [0.2, 0.25) is 0 Å². The zero-order valence-electron chi connectivity index (χ0n) is 29.7. The predicted molar refractivity (Wildman–Crippen MR) is 198 cm³/mol. The van der Waals surface area contributed by atoms with Gasteiger partial charge in [-0.3, -0.25) is 0 Å². The number of unbranched alkanes of at least 4 members (excludes halogenated alkanes) is 2. The first-order valence-corrected chi connectivity index (χ1v) is 18.2. The normalized spacial score (nSPS) is 14.7. The summed E-state index contributed by atoms with van der Waals surface area (Å²) in [6, 6.07) is 29.1. The van der Waals surface area contributed by atoms with E-state index in [0.717, 1.165) is 11.8 Å². The molecule has 5 rings (SSSR count). The molecule has 1 aliphatic rings. The lowest BCUT2D eigenvalue weighted by molar-refractivity contribution is 0.266. The van der Waals surface area contributed by atoms with Crippen LogP contribution in [0.3, 0.4) is 0 Å². The van der Waals surface area contributed by atoms with Gasteiger partial charge in [-0.25, -0.2) is 0 Å². The minimum absolute atomic E-state index is 0.0251. The van der Waals surface area contributed by atoms with E-state index < -0.39 is 0 Å². The van der Waals surface area contributed by atoms with Crippen LogP contribution < -0.4 is 0 Å². The highest BCUT2D eigenvalue weighted by molar-refractivity contribution is 5.86. The molecule has 0 aromatic heterocycles. The second-order valence-corrected chi connectivity index (χ2v) is 14.6. The Morgan fingerprint density at radius 1 is 0.467 bits per heavy atom. The third-order valence-electron chi connectivity index (χ3n) is 10.8. The second-order valence-electron chi connectivity index (χ2n) is 14.6. The fourth-order valence-corrected chi connectivity index (χ4v) is 8.53. The van der Waals surface area contributed by atoms with Crippen molar-refractivity contribution in [3.63, 3.8) is 0 Å². The molecule has 0 saturated carbocycles. The van der Waals surface area contributed by atoms with Crippen LogP contribution in [0, 0.1) is 39.5 Å². The van der Waals surface area contributed by atoms with Gasteiger partial charge in [-0.1, -0.05) is 162 Å². The third kappa shape index (κ3) is 7.16. The number of rotatable bonds is 14. The van der Waals surface area contributed by atoms with E-state index >= 15 is 0 Å². The smallest absolute Gasteiger partial charge is 0.0220 e. The Morgan fingerprint density at radius 3 is 1.18 bits per heavy atom. The molecule has 0 bridgehead atoms. The van der Waals surface area contributed by atoms with Crippen molar-refractivity contribution in [2.75, 3.05) is 0 Å². The molecular weight excluding hydrogens is 540 g/mol. The standard InChI is InChI=1S/C45H58/c1-9-13-15-35(11-3)29-45(30-36(12-4)16-14-10-2)43-27-37(39-23-31(5)21-32(6)24-39)17-19-41(43)42-20-18-38(28-44(42)45)40-25-33(7)22-34(8)26-40/h17-28,35-36H,9-16,29-30H2,1-8H3. The molecule has 2 atom stereocenters. The van der Waals surface area contributed by atoms with E-state index in [-0.39, 0.29) is 5.41 Å². The van der Waals surface area contributed by atoms with Gasteiger partial charge in [-0.2, -0.15) is 0 Å². The average Bonchev–Trinajstić information content (AvgIpc) is 3.28. The maximum atomic E-state index is 2.62. The summed E-state index contributed by atoms with van der Waals surface area (Å²) in [5.74, 6) is 1.45. The first-order chi connectivity index (χ1) is 21.7. The predicted octanol–water partition coefficient (Wildman–Crippen LogP) is 13.7. The van der Waals surface area contributed by atoms with Crippen LogP contribution in [-0.2, 0) is 5.41 Å². The van der Waals surface area contributed by atoms with Crippen molar-refractivity contribution in [2.45, 2.75) is 125 Å². The molecule has 0 heterocycles. The van der Waals surface area contributed by atoms with E-state index in [9.17, 15) is 0 Å². The highest BCUT2D eigenvalue weighted by atomic mass is 14.5. The number of aryl methyl sites for hydroxylation is 4. The summed E-state index contributed by atoms with van der Waals surface area (Å²) in [5.41, 5.74) is 17.0. The van der Waals surface area contributed by atoms with Gasteiger partial charge in [0.25, 0.3) is 0 Å². The Bertz CT molecular complexity index is 1440. The zero-order chi connectivity index (χ0) is 32.1. The molecule has 0 spiro atoms. The van der Waals surface area contributed by atoms with E-state index in [2.05, 4.69) is 128 Å². The Morgan fingerprint density at radius 2 is 0.844 bits per heavy atom. The third-order valence-corrected chi connectivity index (χ3v) is 10.8. The van der Waals surface area contributed by atoms with Gasteiger partial charge in [0.1, 0.15) is 0 Å². The largest absolute Gasteiger partial charge is 0.0654 e. The minimum atomic E-state index is 0.0251. The van der Waals surface area contributed by atoms with Gasteiger partial charge in [0, 0.05) is 5.41 Å². The SMILES string of the molecule is CCCCC(CC)CC1(CC(CC)CCCC)c2cc(-c3cc(C)cc(C)c3)ccc2-c2ccc(-c3cc(C)cc(C)c3)cc21. The van der Waals surface area contributed by atoms with Crippen molar-refractivity contribution >= 4 is 0 Å². The fraction of sp³-hybridized carbons (Fsp3) is 0.467. The molecule has 0 heteroatoms. The second kappa shape index (κ2) is 14.5. The summed E-state index contributed by atoms with van der Waals surface area (Å²) in [7, 11) is 0. The van der Waals surface area contributed by atoms with Crippen LogP contribution in [-0.4, -0.2) is 0 Å². The Labute approximate surface area is 275 Å². The molecule has 2 unspecified atom stereocenters. The monoisotopic (exact) mass is 598 g/mol. The maximum Gasteiger partial charge on any atom is 0.0220 e. The summed E-state index contributed by atoms with van der Waals surface area (Å²) < 4.78 is 0. The van der Waals surface area contributed by atoms with Crippen LogP contribution in [0.1, 0.15) is 125 Å². The Balaban J connectivity index is 1.76. The molecule has 0 aliphatic heterocycles. The van der Waals surface area contributed by atoms with Gasteiger partial charge >= 0.3 is 0 Å². The lowest BCUT2D eigenvalue weighted by Gasteiger charge is -2.39. The number of hydrogen-bond acceptors (Lipinski definition) is 0. The summed E-state index contributed by atoms with van der Waals surface area (Å²) in [4.78, 5) is 0. The molecule has 4 aromatic rings. The van der Waals surface area contributed by atoms with Crippen molar-refractivity contribution < 1.29 is 0 Å². The van der Waals surface area contributed by atoms with Gasteiger partial charge < -0.3 is 0 Å². The molecule has 0 saturated heterocycles. The van der Waals surface area contributed by atoms with E-state index in [4.69, 9.17) is 0 Å². The Hall–Kier alpha value is -3.12. The first-order valence-electron chi connectivity index (χ1n) is 18.2. The van der Waals surface area contributed by atoms with Crippen LogP contribution in [0.5, 0.6) is 0 Å². The minimum Gasteiger partial charge on any atom is -0.0654 e. The van der Waals surface area contributed by atoms with Gasteiger partial charge in [0.05, 0.1) is 0 Å². The number of benzene rings is 4. The lowest BCUT2D eigenvalue weighted by atomic mass is 9.64. The highest BCUT2D eigenvalue weighted by Gasteiger charge is 2.45. The van der Waals surface area contributed by atoms with Crippen LogP contribution in [0.15, 0.2) is 72.8 Å². The molecule has 0 fully saturated rings. The average molecular weight is 599 g/mol. The lowest BCUT2D eigenvalue weighted by Crippen LogP contribution is -2.31. The fourth-order valence-electron chi connectivity index (χ4n) is 8.53. The van der Waals surface area contributed by atoms with Gasteiger partial charge in [-0.15, -0.1) is 0 Å². The van der Waals surface area contributed by atoms with Crippen LogP contribution in [0.4, 0.5) is 0 Å². The topological polar surface area (TPSA) is 0 Å². The van der Waals surface area contributed by atoms with E-state index in [0.29, 0.717) is 0 Å². The molecule has 0 N–H and O–H groups in total. The molecular formula is C45H58. The molecule has 0 nitrogen and oxygen atoms in total. The molecule has 45 heavy (non-hydrogen) atoms. The molecule has 4 aromatic carbocycles. The quantitative estimate of drug-likeness (QED) is 0.135. The van der Waals surface area contributed by atoms with Crippen molar-refractivity contribution in [1.82, 2.24) is 0 Å². The maximum absolute atomic E-state index is 2.62. The molecule has 0 radical (unpaired) electrons. The molecule has 0 amide bonds. The Kier molecular flexibility index (Phi) is 10.7. The van der Waals surface area contributed by atoms with E-state index in [1.807, 2.05) is 0 Å². The van der Waals surface area contributed by atoms with Crippen molar-refractivity contribution in [2.24, 2.45) is 11.8 Å². The highest BCUT2D eigenvalue weighted by Crippen LogP contribution is 2.57. The summed E-state index contributed by atoms with van der Waals surface area (Å²) in [6.07, 6.45) is 12.9. The van der Waals surface area contributed by atoms with Crippen molar-refractivity contribution in [3.05, 3.63) is 106 Å². The van der Waals surface area contributed by atoms with E-state index in [1.165, 1.54) is 120 Å². The summed E-state index contributed by atoms with van der Waals surface area (Å²) in [5, 5.41) is 0. The number of hydrogen-bond donors (Lipinski definition) is 0.